The van der Waals surface area contributed by atoms with E-state index in [1.807, 2.05) is 28.8 Å². The Morgan fingerprint density at radius 3 is 3.00 bits per heavy atom. The lowest BCUT2D eigenvalue weighted by Crippen LogP contribution is -2.31. The third kappa shape index (κ3) is 5.92. The first-order valence-corrected chi connectivity index (χ1v) is 7.81. The highest BCUT2D eigenvalue weighted by atomic mass is 79.9. The first-order chi connectivity index (χ1) is 7.72. The molecule has 1 N–H and O–H groups in total. The molecule has 3 nitrogen and oxygen atoms in total. The van der Waals surface area contributed by atoms with Gasteiger partial charge in [0.2, 0.25) is 0 Å². The molecule has 0 saturated carbocycles. The van der Waals surface area contributed by atoms with E-state index in [-0.39, 0.29) is 0 Å². The third-order valence-corrected chi connectivity index (χ3v) is 3.44. The van der Waals surface area contributed by atoms with Crippen molar-refractivity contribution >= 4 is 27.7 Å². The molecule has 0 aliphatic rings. The molecule has 1 aromatic rings. The first-order valence-electron chi connectivity index (χ1n) is 5.62. The Bertz CT molecular complexity index is 291. The zero-order valence-electron chi connectivity index (χ0n) is 9.95. The van der Waals surface area contributed by atoms with Crippen molar-refractivity contribution in [2.45, 2.75) is 32.4 Å². The molecule has 1 rings (SSSR count). The highest BCUT2D eigenvalue weighted by molar-refractivity contribution is 9.10. The van der Waals surface area contributed by atoms with Crippen molar-refractivity contribution in [2.75, 3.05) is 18.6 Å². The van der Waals surface area contributed by atoms with Crippen molar-refractivity contribution in [3.63, 3.8) is 0 Å². The number of halogens is 1. The van der Waals surface area contributed by atoms with Gasteiger partial charge in [-0.05, 0) is 54.2 Å². The monoisotopic (exact) mass is 305 g/mol. The van der Waals surface area contributed by atoms with Crippen molar-refractivity contribution in [1.29, 1.82) is 0 Å². The number of unbranched alkanes of at least 4 members (excludes halogenated alkanes) is 1. The third-order valence-electron chi connectivity index (χ3n) is 2.33. The average Bonchev–Trinajstić information content (AvgIpc) is 2.63. The molecule has 0 amide bonds. The van der Waals surface area contributed by atoms with E-state index >= 15 is 0 Å². The van der Waals surface area contributed by atoms with Gasteiger partial charge in [-0.3, -0.25) is 4.68 Å². The number of aromatic nitrogens is 2. The summed E-state index contributed by atoms with van der Waals surface area (Å²) in [5.74, 6) is 1.27. The molecule has 0 aliphatic carbocycles. The fourth-order valence-electron chi connectivity index (χ4n) is 1.50. The minimum atomic E-state index is 0.473. The van der Waals surface area contributed by atoms with Crippen LogP contribution in [0.25, 0.3) is 0 Å². The van der Waals surface area contributed by atoms with Crippen molar-refractivity contribution in [3.05, 3.63) is 16.9 Å². The maximum absolute atomic E-state index is 4.24. The SMILES string of the molecule is CSCCCCNC(C)Cn1cc(Br)cn1. The zero-order valence-corrected chi connectivity index (χ0v) is 12.4. The van der Waals surface area contributed by atoms with Gasteiger partial charge in [-0.15, -0.1) is 0 Å². The van der Waals surface area contributed by atoms with Gasteiger partial charge >= 0.3 is 0 Å². The van der Waals surface area contributed by atoms with Crippen LogP contribution in [0.2, 0.25) is 0 Å². The minimum Gasteiger partial charge on any atom is -0.312 e. The van der Waals surface area contributed by atoms with E-state index < -0.39 is 0 Å². The fourth-order valence-corrected chi connectivity index (χ4v) is 2.32. The molecular weight excluding hydrogens is 286 g/mol. The Labute approximate surface area is 110 Å². The van der Waals surface area contributed by atoms with Crippen molar-refractivity contribution < 1.29 is 0 Å². The molecule has 1 aromatic heterocycles. The second kappa shape index (κ2) is 8.14. The molecule has 0 aliphatic heterocycles. The highest BCUT2D eigenvalue weighted by Crippen LogP contribution is 2.06. The number of nitrogens with zero attached hydrogens (tertiary/aromatic N) is 2. The molecule has 0 aromatic carbocycles. The van der Waals surface area contributed by atoms with Crippen LogP contribution < -0.4 is 5.32 Å². The Morgan fingerprint density at radius 2 is 2.38 bits per heavy atom. The lowest BCUT2D eigenvalue weighted by molar-refractivity contribution is 0.447. The van der Waals surface area contributed by atoms with Gasteiger partial charge in [-0.2, -0.15) is 16.9 Å². The van der Waals surface area contributed by atoms with E-state index in [1.165, 1.54) is 18.6 Å². The van der Waals surface area contributed by atoms with E-state index in [4.69, 9.17) is 0 Å². The van der Waals surface area contributed by atoms with Crippen LogP contribution in [0.1, 0.15) is 19.8 Å². The maximum atomic E-state index is 4.24. The Morgan fingerprint density at radius 1 is 1.56 bits per heavy atom. The molecule has 0 fully saturated rings. The van der Waals surface area contributed by atoms with Gasteiger partial charge in [-0.25, -0.2) is 0 Å². The molecule has 0 saturated heterocycles. The highest BCUT2D eigenvalue weighted by Gasteiger charge is 2.02. The van der Waals surface area contributed by atoms with E-state index in [0.717, 1.165) is 17.6 Å². The van der Waals surface area contributed by atoms with Crippen LogP contribution in [0.4, 0.5) is 0 Å². The number of thioether (sulfide) groups is 1. The van der Waals surface area contributed by atoms with Gasteiger partial charge in [0, 0.05) is 12.2 Å². The summed E-state index contributed by atoms with van der Waals surface area (Å²) in [6.07, 6.45) is 8.55. The van der Waals surface area contributed by atoms with Gasteiger partial charge in [0.25, 0.3) is 0 Å². The Hall–Kier alpha value is -0.0000000000000000555. The molecule has 1 atom stereocenters. The van der Waals surface area contributed by atoms with Gasteiger partial charge in [0.05, 0.1) is 17.2 Å². The molecular formula is C11H20BrN3S. The largest absolute Gasteiger partial charge is 0.312 e. The topological polar surface area (TPSA) is 29.9 Å². The van der Waals surface area contributed by atoms with Crippen molar-refractivity contribution in [3.8, 4) is 0 Å². The van der Waals surface area contributed by atoms with E-state index in [0.29, 0.717) is 6.04 Å². The van der Waals surface area contributed by atoms with Crippen LogP contribution in [-0.4, -0.2) is 34.4 Å². The molecule has 92 valence electrons. The second-order valence-electron chi connectivity index (χ2n) is 3.94. The van der Waals surface area contributed by atoms with E-state index in [2.05, 4.69) is 39.5 Å². The van der Waals surface area contributed by atoms with Gasteiger partial charge < -0.3 is 5.32 Å². The Balaban J connectivity index is 2.09. The van der Waals surface area contributed by atoms with Crippen LogP contribution in [0.5, 0.6) is 0 Å². The predicted molar refractivity (Wildman–Crippen MR) is 75.0 cm³/mol. The van der Waals surface area contributed by atoms with Crippen LogP contribution in [0.3, 0.4) is 0 Å². The van der Waals surface area contributed by atoms with Crippen LogP contribution in [-0.2, 0) is 6.54 Å². The summed E-state index contributed by atoms with van der Waals surface area (Å²) in [6, 6.07) is 0.473. The second-order valence-corrected chi connectivity index (χ2v) is 5.84. The van der Waals surface area contributed by atoms with E-state index in [9.17, 15) is 0 Å². The molecule has 0 bridgehead atoms. The summed E-state index contributed by atoms with van der Waals surface area (Å²) >= 11 is 5.32. The Kier molecular flexibility index (Phi) is 7.16. The number of hydrogen-bond acceptors (Lipinski definition) is 3. The summed E-state index contributed by atoms with van der Waals surface area (Å²) < 4.78 is 3.00. The normalized spacial score (nSPS) is 12.9. The van der Waals surface area contributed by atoms with Gasteiger partial charge in [0.1, 0.15) is 0 Å². The first kappa shape index (κ1) is 14.1. The molecule has 5 heteroatoms. The summed E-state index contributed by atoms with van der Waals surface area (Å²) in [7, 11) is 0. The van der Waals surface area contributed by atoms with E-state index in [1.54, 1.807) is 0 Å². The molecule has 0 spiro atoms. The lowest BCUT2D eigenvalue weighted by Gasteiger charge is -2.13. The maximum Gasteiger partial charge on any atom is 0.0632 e. The summed E-state index contributed by atoms with van der Waals surface area (Å²) in [5, 5.41) is 7.75. The van der Waals surface area contributed by atoms with Crippen LogP contribution in [0, 0.1) is 0 Å². The van der Waals surface area contributed by atoms with Gasteiger partial charge in [0.15, 0.2) is 0 Å². The molecule has 0 radical (unpaired) electrons. The number of hydrogen-bond donors (Lipinski definition) is 1. The number of rotatable bonds is 8. The summed E-state index contributed by atoms with van der Waals surface area (Å²) in [5.41, 5.74) is 0. The predicted octanol–water partition coefficient (Wildman–Crippen LogP) is 2.77. The fraction of sp³-hybridized carbons (Fsp3) is 0.727. The van der Waals surface area contributed by atoms with Gasteiger partial charge in [-0.1, -0.05) is 0 Å². The minimum absolute atomic E-state index is 0.473. The molecule has 16 heavy (non-hydrogen) atoms. The lowest BCUT2D eigenvalue weighted by atomic mass is 10.3. The van der Waals surface area contributed by atoms with Crippen molar-refractivity contribution in [1.82, 2.24) is 15.1 Å². The van der Waals surface area contributed by atoms with Crippen molar-refractivity contribution in [2.24, 2.45) is 0 Å². The zero-order chi connectivity index (χ0) is 11.8. The average molecular weight is 306 g/mol. The number of nitrogens with one attached hydrogen (secondary N) is 1. The smallest absolute Gasteiger partial charge is 0.0632 e. The molecule has 1 heterocycles. The molecule has 1 unspecified atom stereocenters. The summed E-state index contributed by atoms with van der Waals surface area (Å²) in [6.45, 7) is 4.22. The van der Waals surface area contributed by atoms with Crippen LogP contribution in [0.15, 0.2) is 16.9 Å². The summed E-state index contributed by atoms with van der Waals surface area (Å²) in [4.78, 5) is 0. The van der Waals surface area contributed by atoms with Crippen LogP contribution >= 0.6 is 27.7 Å². The standard InChI is InChI=1S/C11H20BrN3S/c1-10(13-5-3-4-6-16-2)8-15-9-11(12)7-14-15/h7,9-10,13H,3-6,8H2,1-2H3. The quantitative estimate of drug-likeness (QED) is 0.749.